The molecule has 144 valence electrons. The number of phenolic OH excluding ortho intramolecular Hbond substituents is 1. The smallest absolute Gasteiger partial charge is 0.312 e. The lowest BCUT2D eigenvalue weighted by atomic mass is 10.1. The summed E-state index contributed by atoms with van der Waals surface area (Å²) in [5.41, 5.74) is 2.50. The van der Waals surface area contributed by atoms with Crippen molar-refractivity contribution in [2.45, 2.75) is 0 Å². The van der Waals surface area contributed by atoms with Crippen LogP contribution in [0.1, 0.15) is 5.56 Å². The number of H-pyrrole nitrogens is 1. The summed E-state index contributed by atoms with van der Waals surface area (Å²) in [6, 6.07) is 15.2. The Morgan fingerprint density at radius 2 is 1.93 bits per heavy atom. The average molecular weight is 427 g/mol. The minimum Gasteiger partial charge on any atom is -0.502 e. The molecule has 0 atom stereocenters. The van der Waals surface area contributed by atoms with Crippen molar-refractivity contribution in [1.29, 1.82) is 0 Å². The van der Waals surface area contributed by atoms with Gasteiger partial charge in [0.15, 0.2) is 0 Å². The van der Waals surface area contributed by atoms with Crippen LogP contribution in [-0.2, 0) is 0 Å². The number of rotatable bonds is 4. The van der Waals surface area contributed by atoms with Crippen molar-refractivity contribution in [3.63, 3.8) is 0 Å². The molecule has 0 unspecified atom stereocenters. The molecule has 1 aromatic heterocycles. The standard InChI is InChI=1S/C20H12Cl2N4O3/c21-12-7-11(19(27)18(8-12)26(28)29)10-23-13-5-6-15(22)14(9-13)20-24-16-3-1-2-4-17(16)25-20/h1-10,27H,(H,24,25). The normalized spacial score (nSPS) is 11.4. The van der Waals surface area contributed by atoms with E-state index in [4.69, 9.17) is 23.2 Å². The third-order valence-electron chi connectivity index (χ3n) is 4.23. The maximum absolute atomic E-state index is 11.0. The van der Waals surface area contributed by atoms with Gasteiger partial charge in [-0.15, -0.1) is 0 Å². The number of para-hydroxylation sites is 2. The van der Waals surface area contributed by atoms with Gasteiger partial charge in [-0.3, -0.25) is 15.1 Å². The lowest BCUT2D eigenvalue weighted by Gasteiger charge is -2.04. The highest BCUT2D eigenvalue weighted by atomic mass is 35.5. The van der Waals surface area contributed by atoms with Crippen LogP contribution < -0.4 is 0 Å². The number of nitro benzene ring substituents is 1. The Balaban J connectivity index is 1.72. The number of nitrogens with zero attached hydrogens (tertiary/aromatic N) is 3. The number of hydrogen-bond acceptors (Lipinski definition) is 5. The first-order valence-electron chi connectivity index (χ1n) is 8.38. The molecule has 0 aliphatic carbocycles. The predicted molar refractivity (Wildman–Crippen MR) is 114 cm³/mol. The van der Waals surface area contributed by atoms with Crippen molar-refractivity contribution >= 4 is 51.8 Å². The molecule has 0 bridgehead atoms. The van der Waals surface area contributed by atoms with Crippen LogP contribution in [0.25, 0.3) is 22.4 Å². The van der Waals surface area contributed by atoms with Crippen molar-refractivity contribution in [3.8, 4) is 17.1 Å². The molecule has 0 spiro atoms. The summed E-state index contributed by atoms with van der Waals surface area (Å²) < 4.78 is 0. The van der Waals surface area contributed by atoms with Gasteiger partial charge in [0, 0.05) is 28.4 Å². The fraction of sp³-hybridized carbons (Fsp3) is 0. The first kappa shape index (κ1) is 18.9. The van der Waals surface area contributed by atoms with Gasteiger partial charge >= 0.3 is 5.69 Å². The van der Waals surface area contributed by atoms with Gasteiger partial charge in [-0.2, -0.15) is 0 Å². The second kappa shape index (κ2) is 7.54. The monoisotopic (exact) mass is 426 g/mol. The van der Waals surface area contributed by atoms with Crippen molar-refractivity contribution in [2.24, 2.45) is 4.99 Å². The fourth-order valence-electron chi connectivity index (χ4n) is 2.84. The molecule has 0 fully saturated rings. The summed E-state index contributed by atoms with van der Waals surface area (Å²) in [6.45, 7) is 0. The van der Waals surface area contributed by atoms with Gasteiger partial charge in [-0.05, 0) is 36.4 Å². The summed E-state index contributed by atoms with van der Waals surface area (Å²) in [5.74, 6) is 0.0871. The average Bonchev–Trinajstić information content (AvgIpc) is 3.13. The highest BCUT2D eigenvalue weighted by Gasteiger charge is 2.18. The number of aromatic hydroxyl groups is 1. The number of imidazole rings is 1. The van der Waals surface area contributed by atoms with Gasteiger partial charge in [0.25, 0.3) is 0 Å². The summed E-state index contributed by atoms with van der Waals surface area (Å²) in [7, 11) is 0. The van der Waals surface area contributed by atoms with E-state index in [2.05, 4.69) is 15.0 Å². The topological polar surface area (TPSA) is 104 Å². The van der Waals surface area contributed by atoms with Crippen LogP contribution >= 0.6 is 23.2 Å². The lowest BCUT2D eigenvalue weighted by Crippen LogP contribution is -1.92. The molecule has 3 aromatic carbocycles. The molecule has 0 aliphatic heterocycles. The van der Waals surface area contributed by atoms with E-state index < -0.39 is 16.4 Å². The Bertz CT molecular complexity index is 1250. The van der Waals surface area contributed by atoms with Crippen LogP contribution in [0.15, 0.2) is 59.6 Å². The number of aromatic amines is 1. The molecule has 0 saturated heterocycles. The Hall–Kier alpha value is -3.42. The van der Waals surface area contributed by atoms with E-state index in [1.807, 2.05) is 24.3 Å². The number of aliphatic imine (C=N–C) groups is 1. The Labute approximate surface area is 174 Å². The minimum atomic E-state index is -0.708. The molecule has 9 heteroatoms. The number of halogens is 2. The SMILES string of the molecule is O=[N+]([O-])c1cc(Cl)cc(C=Nc2ccc(Cl)c(-c3nc4ccccc4[nH]3)c2)c1O. The molecule has 0 saturated carbocycles. The number of nitro groups is 1. The number of fused-ring (bicyclic) bond motifs is 1. The molecule has 1 heterocycles. The van der Waals surface area contributed by atoms with E-state index in [0.717, 1.165) is 17.1 Å². The zero-order chi connectivity index (χ0) is 20.5. The minimum absolute atomic E-state index is 0.120. The van der Waals surface area contributed by atoms with Crippen molar-refractivity contribution in [2.75, 3.05) is 0 Å². The number of phenols is 1. The van der Waals surface area contributed by atoms with E-state index >= 15 is 0 Å². The Morgan fingerprint density at radius 1 is 1.14 bits per heavy atom. The summed E-state index contributed by atoms with van der Waals surface area (Å²) in [6.07, 6.45) is 1.31. The number of nitrogens with one attached hydrogen (secondary N) is 1. The van der Waals surface area contributed by atoms with E-state index in [9.17, 15) is 15.2 Å². The van der Waals surface area contributed by atoms with E-state index in [1.54, 1.807) is 18.2 Å². The molecular weight excluding hydrogens is 415 g/mol. The zero-order valence-corrected chi connectivity index (χ0v) is 16.1. The number of hydrogen-bond donors (Lipinski definition) is 2. The molecule has 0 aliphatic rings. The van der Waals surface area contributed by atoms with Crippen molar-refractivity contribution in [3.05, 3.63) is 80.3 Å². The largest absolute Gasteiger partial charge is 0.502 e. The third kappa shape index (κ3) is 3.78. The highest BCUT2D eigenvalue weighted by molar-refractivity contribution is 6.33. The molecule has 7 nitrogen and oxygen atoms in total. The quantitative estimate of drug-likeness (QED) is 0.240. The first-order chi connectivity index (χ1) is 13.9. The number of benzene rings is 3. The van der Waals surface area contributed by atoms with Gasteiger partial charge in [0.1, 0.15) is 5.82 Å². The van der Waals surface area contributed by atoms with Gasteiger partial charge in [-0.1, -0.05) is 35.3 Å². The van der Waals surface area contributed by atoms with Gasteiger partial charge in [-0.25, -0.2) is 4.98 Å². The molecule has 0 amide bonds. The second-order valence-electron chi connectivity index (χ2n) is 6.14. The molecule has 0 radical (unpaired) electrons. The summed E-state index contributed by atoms with van der Waals surface area (Å²) in [5, 5.41) is 21.7. The second-order valence-corrected chi connectivity index (χ2v) is 6.99. The van der Waals surface area contributed by atoms with Crippen molar-refractivity contribution in [1.82, 2.24) is 9.97 Å². The van der Waals surface area contributed by atoms with Crippen LogP contribution in [0.2, 0.25) is 10.0 Å². The maximum Gasteiger partial charge on any atom is 0.312 e. The van der Waals surface area contributed by atoms with E-state index in [1.165, 1.54) is 12.3 Å². The van der Waals surface area contributed by atoms with E-state index in [0.29, 0.717) is 22.1 Å². The van der Waals surface area contributed by atoms with Crippen LogP contribution in [0.4, 0.5) is 11.4 Å². The van der Waals surface area contributed by atoms with Gasteiger partial charge < -0.3 is 10.1 Å². The van der Waals surface area contributed by atoms with Crippen LogP contribution in [0.3, 0.4) is 0 Å². The summed E-state index contributed by atoms with van der Waals surface area (Å²) >= 11 is 12.2. The summed E-state index contributed by atoms with van der Waals surface area (Å²) in [4.78, 5) is 22.4. The Kier molecular flexibility index (Phi) is 4.92. The van der Waals surface area contributed by atoms with Gasteiger partial charge in [0.2, 0.25) is 5.75 Å². The number of aromatic nitrogens is 2. The molecular formula is C20H12Cl2N4O3. The van der Waals surface area contributed by atoms with Gasteiger partial charge in [0.05, 0.1) is 26.7 Å². The van der Waals surface area contributed by atoms with Crippen LogP contribution in [0, 0.1) is 10.1 Å². The van der Waals surface area contributed by atoms with Crippen LogP contribution in [0.5, 0.6) is 5.75 Å². The molecule has 4 aromatic rings. The maximum atomic E-state index is 11.0. The van der Waals surface area contributed by atoms with Crippen LogP contribution in [-0.4, -0.2) is 26.2 Å². The van der Waals surface area contributed by atoms with Crippen molar-refractivity contribution < 1.29 is 10.0 Å². The lowest BCUT2D eigenvalue weighted by molar-refractivity contribution is -0.385. The molecule has 29 heavy (non-hydrogen) atoms. The Morgan fingerprint density at radius 3 is 2.69 bits per heavy atom. The zero-order valence-electron chi connectivity index (χ0n) is 14.6. The molecule has 2 N–H and O–H groups in total. The third-order valence-corrected chi connectivity index (χ3v) is 4.78. The first-order valence-corrected chi connectivity index (χ1v) is 9.13. The predicted octanol–water partition coefficient (Wildman–Crippen LogP) is 5.90. The van der Waals surface area contributed by atoms with E-state index in [-0.39, 0.29) is 10.6 Å². The highest BCUT2D eigenvalue weighted by Crippen LogP contribution is 2.34. The molecule has 4 rings (SSSR count). The fourth-order valence-corrected chi connectivity index (χ4v) is 3.27.